The number of aromatic nitrogens is 3. The summed E-state index contributed by atoms with van der Waals surface area (Å²) in [7, 11) is 0. The number of carbonyl (C=O) groups is 1. The number of nitrogens with zero attached hydrogens (tertiary/aromatic N) is 4. The molecule has 0 N–H and O–H groups in total. The molecule has 3 rings (SSSR count). The summed E-state index contributed by atoms with van der Waals surface area (Å²) >= 11 is 0. The lowest BCUT2D eigenvalue weighted by molar-refractivity contribution is 0.0337. The van der Waals surface area contributed by atoms with Gasteiger partial charge in [0, 0.05) is 6.20 Å². The first-order valence-electron chi connectivity index (χ1n) is 6.68. The van der Waals surface area contributed by atoms with Crippen LogP contribution in [-0.2, 0) is 4.74 Å². The minimum absolute atomic E-state index is 0.406. The van der Waals surface area contributed by atoms with Crippen molar-refractivity contribution in [3.63, 3.8) is 0 Å². The van der Waals surface area contributed by atoms with E-state index >= 15 is 0 Å². The van der Waals surface area contributed by atoms with E-state index in [-0.39, 0.29) is 0 Å². The van der Waals surface area contributed by atoms with E-state index in [1.54, 1.807) is 53.9 Å². The molecule has 6 nitrogen and oxygen atoms in total. The van der Waals surface area contributed by atoms with E-state index in [4.69, 9.17) is 10.00 Å². The maximum absolute atomic E-state index is 12.2. The first-order chi connectivity index (χ1) is 10.7. The molecule has 0 spiro atoms. The third kappa shape index (κ3) is 2.65. The van der Waals surface area contributed by atoms with Crippen LogP contribution >= 0.6 is 0 Å². The number of ether oxygens (including phenoxy) is 1. The molecule has 22 heavy (non-hydrogen) atoms. The Kier molecular flexibility index (Phi) is 3.54. The zero-order chi connectivity index (χ0) is 15.5. The van der Waals surface area contributed by atoms with Crippen LogP contribution in [0.15, 0.2) is 48.9 Å². The van der Waals surface area contributed by atoms with Gasteiger partial charge in [0.15, 0.2) is 5.65 Å². The van der Waals surface area contributed by atoms with Crippen LogP contribution in [0.3, 0.4) is 0 Å². The molecule has 1 aromatic carbocycles. The summed E-state index contributed by atoms with van der Waals surface area (Å²) in [5, 5.41) is 16.4. The predicted octanol–water partition coefficient (Wildman–Crippen LogP) is 2.52. The van der Waals surface area contributed by atoms with Crippen LogP contribution in [0.1, 0.15) is 34.5 Å². The molecule has 0 bridgehead atoms. The number of nitriles is 1. The molecular formula is C16H12N4O2. The molecule has 0 aliphatic rings. The second-order valence-corrected chi connectivity index (χ2v) is 4.80. The smallest absolute Gasteiger partial charge is 0.340 e. The van der Waals surface area contributed by atoms with Crippen molar-refractivity contribution in [2.24, 2.45) is 0 Å². The van der Waals surface area contributed by atoms with Gasteiger partial charge < -0.3 is 4.74 Å². The Balaban J connectivity index is 1.76. The van der Waals surface area contributed by atoms with Crippen LogP contribution in [-0.4, -0.2) is 20.6 Å². The molecule has 2 aromatic heterocycles. The van der Waals surface area contributed by atoms with Crippen LogP contribution in [0.2, 0.25) is 0 Å². The molecule has 0 aliphatic heterocycles. The second-order valence-electron chi connectivity index (χ2n) is 4.80. The Morgan fingerprint density at radius 1 is 1.27 bits per heavy atom. The van der Waals surface area contributed by atoms with Gasteiger partial charge in [-0.3, -0.25) is 4.40 Å². The highest BCUT2D eigenvalue weighted by Crippen LogP contribution is 2.19. The van der Waals surface area contributed by atoms with Crippen LogP contribution in [0.25, 0.3) is 5.65 Å². The molecule has 0 fully saturated rings. The summed E-state index contributed by atoms with van der Waals surface area (Å²) in [6.45, 7) is 1.79. The molecule has 108 valence electrons. The van der Waals surface area contributed by atoms with E-state index in [1.807, 2.05) is 0 Å². The van der Waals surface area contributed by atoms with Gasteiger partial charge in [0.2, 0.25) is 0 Å². The highest BCUT2D eigenvalue weighted by Gasteiger charge is 2.14. The molecule has 6 heteroatoms. The third-order valence-electron chi connectivity index (χ3n) is 3.32. The van der Waals surface area contributed by atoms with E-state index in [0.717, 1.165) is 5.56 Å². The number of fused-ring (bicyclic) bond motifs is 1. The van der Waals surface area contributed by atoms with Crippen LogP contribution < -0.4 is 0 Å². The normalized spacial score (nSPS) is 11.8. The average molecular weight is 292 g/mol. The van der Waals surface area contributed by atoms with Crippen molar-refractivity contribution < 1.29 is 9.53 Å². The van der Waals surface area contributed by atoms with Gasteiger partial charge >= 0.3 is 5.97 Å². The number of carbonyl (C=O) groups excluding carboxylic acids is 1. The second kappa shape index (κ2) is 5.66. The van der Waals surface area contributed by atoms with Gasteiger partial charge in [-0.25, -0.2) is 4.79 Å². The number of rotatable bonds is 3. The molecule has 0 radical (unpaired) electrons. The molecule has 0 unspecified atom stereocenters. The van der Waals surface area contributed by atoms with Gasteiger partial charge in [-0.15, -0.1) is 10.2 Å². The van der Waals surface area contributed by atoms with Crippen molar-refractivity contribution >= 4 is 11.6 Å². The molecule has 0 aliphatic carbocycles. The predicted molar refractivity (Wildman–Crippen MR) is 78.0 cm³/mol. The highest BCUT2D eigenvalue weighted by atomic mass is 16.5. The summed E-state index contributed by atoms with van der Waals surface area (Å²) < 4.78 is 7.10. The molecule has 0 amide bonds. The fourth-order valence-corrected chi connectivity index (χ4v) is 2.07. The Labute approximate surface area is 126 Å². The van der Waals surface area contributed by atoms with Gasteiger partial charge in [0.05, 0.1) is 17.2 Å². The lowest BCUT2D eigenvalue weighted by atomic mass is 10.1. The molecule has 2 heterocycles. The van der Waals surface area contributed by atoms with E-state index < -0.39 is 12.1 Å². The van der Waals surface area contributed by atoms with E-state index in [9.17, 15) is 4.79 Å². The van der Waals surface area contributed by atoms with E-state index in [2.05, 4.69) is 16.3 Å². The van der Waals surface area contributed by atoms with Crippen LogP contribution in [0, 0.1) is 11.3 Å². The van der Waals surface area contributed by atoms with E-state index in [1.165, 1.54) is 6.33 Å². The monoisotopic (exact) mass is 292 g/mol. The lowest BCUT2D eigenvalue weighted by Crippen LogP contribution is -2.10. The SMILES string of the molecule is C[C@H](OC(=O)c1ccc2nncn2c1)c1ccc(C#N)cc1. The van der Waals surface area contributed by atoms with Crippen molar-refractivity contribution in [3.8, 4) is 6.07 Å². The topological polar surface area (TPSA) is 80.3 Å². The fourth-order valence-electron chi connectivity index (χ4n) is 2.07. The van der Waals surface area contributed by atoms with Crippen molar-refractivity contribution in [3.05, 3.63) is 65.6 Å². The molecule has 0 saturated carbocycles. The number of pyridine rings is 1. The van der Waals surface area contributed by atoms with Gasteiger partial charge in [-0.05, 0) is 36.8 Å². The highest BCUT2D eigenvalue weighted by molar-refractivity contribution is 5.89. The standard InChI is InChI=1S/C16H12N4O2/c1-11(13-4-2-12(8-17)3-5-13)22-16(21)14-6-7-15-19-18-10-20(15)9-14/h2-7,9-11H,1H3/t11-/m0/s1. The van der Waals surface area contributed by atoms with Gasteiger partial charge in [-0.2, -0.15) is 5.26 Å². The van der Waals surface area contributed by atoms with Gasteiger partial charge in [-0.1, -0.05) is 12.1 Å². The summed E-state index contributed by atoms with van der Waals surface area (Å²) in [5.41, 5.74) is 2.49. The van der Waals surface area contributed by atoms with Crippen LogP contribution in [0.4, 0.5) is 0 Å². The summed E-state index contributed by atoms with van der Waals surface area (Å²) in [6, 6.07) is 12.4. The molecule has 1 atom stereocenters. The molecule has 3 aromatic rings. The number of hydrogen-bond acceptors (Lipinski definition) is 5. The van der Waals surface area contributed by atoms with Crippen molar-refractivity contribution in [1.29, 1.82) is 5.26 Å². The Hall–Kier alpha value is -3.20. The maximum atomic E-state index is 12.2. The molecule has 0 saturated heterocycles. The Morgan fingerprint density at radius 3 is 2.77 bits per heavy atom. The van der Waals surface area contributed by atoms with Crippen molar-refractivity contribution in [2.45, 2.75) is 13.0 Å². The lowest BCUT2D eigenvalue weighted by Gasteiger charge is -2.13. The summed E-state index contributed by atoms with van der Waals surface area (Å²) in [4.78, 5) is 12.2. The summed E-state index contributed by atoms with van der Waals surface area (Å²) in [6.07, 6.45) is 2.75. The first kappa shape index (κ1) is 13.8. The minimum Gasteiger partial charge on any atom is -0.454 e. The number of hydrogen-bond donors (Lipinski definition) is 0. The van der Waals surface area contributed by atoms with Crippen LogP contribution in [0.5, 0.6) is 0 Å². The zero-order valence-corrected chi connectivity index (χ0v) is 11.8. The number of benzene rings is 1. The number of esters is 1. The van der Waals surface area contributed by atoms with E-state index in [0.29, 0.717) is 16.8 Å². The molecular weight excluding hydrogens is 280 g/mol. The van der Waals surface area contributed by atoms with Crippen molar-refractivity contribution in [2.75, 3.05) is 0 Å². The minimum atomic E-state index is -0.424. The van der Waals surface area contributed by atoms with Crippen molar-refractivity contribution in [1.82, 2.24) is 14.6 Å². The Bertz CT molecular complexity index is 862. The first-order valence-corrected chi connectivity index (χ1v) is 6.68. The Morgan fingerprint density at radius 2 is 2.05 bits per heavy atom. The fraction of sp³-hybridized carbons (Fsp3) is 0.125. The quantitative estimate of drug-likeness (QED) is 0.693. The third-order valence-corrected chi connectivity index (χ3v) is 3.32. The van der Waals surface area contributed by atoms with Gasteiger partial charge in [0.1, 0.15) is 12.4 Å². The largest absolute Gasteiger partial charge is 0.454 e. The average Bonchev–Trinajstić information content (AvgIpc) is 3.02. The zero-order valence-electron chi connectivity index (χ0n) is 11.8. The van der Waals surface area contributed by atoms with Gasteiger partial charge in [0.25, 0.3) is 0 Å². The summed E-state index contributed by atoms with van der Waals surface area (Å²) in [5.74, 6) is -0.424. The maximum Gasteiger partial charge on any atom is 0.340 e.